The number of hydrogen-bond donors (Lipinski definition) is 1. The Morgan fingerprint density at radius 3 is 2.18 bits per heavy atom. The van der Waals surface area contributed by atoms with Crippen molar-refractivity contribution in [3.63, 3.8) is 0 Å². The van der Waals surface area contributed by atoms with E-state index in [0.717, 1.165) is 26.7 Å². The maximum Gasteiger partial charge on any atom is 0.151 e. The molecule has 94 valence electrons. The number of carbonyl (C=O) groups excluding carboxylic acids is 1. The number of ketones is 1. The molecule has 1 rings (SSSR count). The summed E-state index contributed by atoms with van der Waals surface area (Å²) in [5, 5.41) is 0. The second-order valence-electron chi connectivity index (χ2n) is 4.22. The largest absolute Gasteiger partial charge is 0.496 e. The Labute approximate surface area is 110 Å². The van der Waals surface area contributed by atoms with Crippen LogP contribution in [-0.2, 0) is 4.79 Å². The second-order valence-corrected chi connectivity index (χ2v) is 5.02. The number of carbonyl (C=O) groups is 1. The molecule has 3 nitrogen and oxygen atoms in total. The lowest BCUT2D eigenvalue weighted by atomic mass is 9.93. The van der Waals surface area contributed by atoms with E-state index >= 15 is 0 Å². The van der Waals surface area contributed by atoms with Gasteiger partial charge in [-0.25, -0.2) is 0 Å². The Morgan fingerprint density at radius 2 is 1.76 bits per heavy atom. The van der Waals surface area contributed by atoms with Gasteiger partial charge in [0.2, 0.25) is 0 Å². The van der Waals surface area contributed by atoms with E-state index in [1.54, 1.807) is 7.11 Å². The Morgan fingerprint density at radius 1 is 1.24 bits per heavy atom. The zero-order valence-corrected chi connectivity index (χ0v) is 12.4. The average molecular weight is 300 g/mol. The molecule has 0 aromatic heterocycles. The number of hydrogen-bond acceptors (Lipinski definition) is 3. The van der Waals surface area contributed by atoms with Crippen LogP contribution >= 0.6 is 15.9 Å². The minimum atomic E-state index is -0.638. The Bertz CT molecular complexity index is 469. The number of methoxy groups -OCH3 is 1. The molecule has 2 N–H and O–H groups in total. The quantitative estimate of drug-likeness (QED) is 0.933. The van der Waals surface area contributed by atoms with E-state index < -0.39 is 6.04 Å². The van der Waals surface area contributed by atoms with Gasteiger partial charge in [0.15, 0.2) is 5.78 Å². The Kier molecular flexibility index (Phi) is 4.33. The topological polar surface area (TPSA) is 52.3 Å². The van der Waals surface area contributed by atoms with Crippen LogP contribution in [0.4, 0.5) is 0 Å². The molecular formula is C13H18BrNO2. The third-order valence-electron chi connectivity index (χ3n) is 3.16. The van der Waals surface area contributed by atoms with Crippen LogP contribution in [0.15, 0.2) is 4.47 Å². The first kappa shape index (κ1) is 14.2. The highest BCUT2D eigenvalue weighted by molar-refractivity contribution is 9.10. The van der Waals surface area contributed by atoms with Crippen LogP contribution in [0.5, 0.6) is 5.75 Å². The summed E-state index contributed by atoms with van der Waals surface area (Å²) in [6, 6.07) is -0.638. The molecule has 0 saturated carbocycles. The zero-order valence-electron chi connectivity index (χ0n) is 10.8. The number of Topliss-reactive ketones (excluding diaryl/α,β-unsaturated/α-hetero) is 1. The normalized spacial score (nSPS) is 12.4. The van der Waals surface area contributed by atoms with Gasteiger partial charge in [0, 0.05) is 10.0 Å². The number of halogens is 1. The van der Waals surface area contributed by atoms with Gasteiger partial charge < -0.3 is 10.5 Å². The summed E-state index contributed by atoms with van der Waals surface area (Å²) in [6.07, 6.45) is 0. The molecule has 0 radical (unpaired) electrons. The molecule has 0 saturated heterocycles. The molecule has 1 unspecified atom stereocenters. The highest BCUT2D eigenvalue weighted by Crippen LogP contribution is 2.38. The maximum absolute atomic E-state index is 11.5. The summed E-state index contributed by atoms with van der Waals surface area (Å²) in [6.45, 7) is 7.41. The summed E-state index contributed by atoms with van der Waals surface area (Å²) < 4.78 is 6.40. The van der Waals surface area contributed by atoms with Crippen molar-refractivity contribution >= 4 is 21.7 Å². The Hall–Kier alpha value is -0.870. The molecule has 0 bridgehead atoms. The van der Waals surface area contributed by atoms with Crippen molar-refractivity contribution in [3.05, 3.63) is 26.7 Å². The lowest BCUT2D eigenvalue weighted by Crippen LogP contribution is -2.21. The van der Waals surface area contributed by atoms with Crippen molar-refractivity contribution in [1.29, 1.82) is 0 Å². The van der Waals surface area contributed by atoms with Crippen molar-refractivity contribution in [2.75, 3.05) is 7.11 Å². The second kappa shape index (κ2) is 5.19. The Balaban J connectivity index is 3.63. The van der Waals surface area contributed by atoms with E-state index in [9.17, 15) is 4.79 Å². The third-order valence-corrected chi connectivity index (χ3v) is 4.35. The minimum Gasteiger partial charge on any atom is -0.496 e. The van der Waals surface area contributed by atoms with E-state index in [-0.39, 0.29) is 5.78 Å². The van der Waals surface area contributed by atoms with Crippen LogP contribution in [-0.4, -0.2) is 12.9 Å². The first-order chi connectivity index (χ1) is 7.82. The molecule has 1 atom stereocenters. The fourth-order valence-corrected chi connectivity index (χ4v) is 2.46. The molecule has 1 aromatic rings. The fourth-order valence-electron chi connectivity index (χ4n) is 1.95. The maximum atomic E-state index is 11.5. The van der Waals surface area contributed by atoms with Crippen molar-refractivity contribution < 1.29 is 9.53 Å². The summed E-state index contributed by atoms with van der Waals surface area (Å²) >= 11 is 3.54. The summed E-state index contributed by atoms with van der Waals surface area (Å²) in [5.74, 6) is 0.646. The molecule has 0 amide bonds. The average Bonchev–Trinajstić information content (AvgIpc) is 2.29. The van der Waals surface area contributed by atoms with Crippen molar-refractivity contribution in [1.82, 2.24) is 0 Å². The molecule has 0 aliphatic rings. The van der Waals surface area contributed by atoms with Crippen LogP contribution in [0.25, 0.3) is 0 Å². The van der Waals surface area contributed by atoms with Gasteiger partial charge in [-0.2, -0.15) is 0 Å². The summed E-state index contributed by atoms with van der Waals surface area (Å²) in [7, 11) is 1.60. The SMILES string of the molecule is COc1c(C)c(C)c(Br)c(C)c1C(N)C(C)=O. The zero-order chi connectivity index (χ0) is 13.3. The van der Waals surface area contributed by atoms with Crippen molar-refractivity contribution in [3.8, 4) is 5.75 Å². The molecule has 0 fully saturated rings. The van der Waals surface area contributed by atoms with Gasteiger partial charge in [-0.3, -0.25) is 4.79 Å². The minimum absolute atomic E-state index is 0.0680. The molecular weight excluding hydrogens is 282 g/mol. The van der Waals surface area contributed by atoms with E-state index in [4.69, 9.17) is 10.5 Å². The van der Waals surface area contributed by atoms with Gasteiger partial charge in [0.05, 0.1) is 13.2 Å². The fraction of sp³-hybridized carbons (Fsp3) is 0.462. The monoisotopic (exact) mass is 299 g/mol. The molecule has 0 heterocycles. The smallest absolute Gasteiger partial charge is 0.151 e. The van der Waals surface area contributed by atoms with Crippen LogP contribution < -0.4 is 10.5 Å². The lowest BCUT2D eigenvalue weighted by molar-refractivity contribution is -0.118. The van der Waals surface area contributed by atoms with Gasteiger partial charge in [-0.15, -0.1) is 0 Å². The number of benzene rings is 1. The van der Waals surface area contributed by atoms with E-state index in [2.05, 4.69) is 15.9 Å². The van der Waals surface area contributed by atoms with Crippen LogP contribution in [0.3, 0.4) is 0 Å². The first-order valence-electron chi connectivity index (χ1n) is 5.42. The van der Waals surface area contributed by atoms with E-state index in [1.807, 2.05) is 20.8 Å². The highest BCUT2D eigenvalue weighted by atomic mass is 79.9. The van der Waals surface area contributed by atoms with Gasteiger partial charge in [-0.05, 0) is 44.4 Å². The number of ether oxygens (including phenoxy) is 1. The predicted molar refractivity (Wildman–Crippen MR) is 72.5 cm³/mol. The van der Waals surface area contributed by atoms with Gasteiger partial charge in [-0.1, -0.05) is 15.9 Å². The summed E-state index contributed by atoms with van der Waals surface area (Å²) in [5.41, 5.74) is 9.81. The van der Waals surface area contributed by atoms with E-state index in [0.29, 0.717) is 5.75 Å². The van der Waals surface area contributed by atoms with E-state index in [1.165, 1.54) is 6.92 Å². The molecule has 0 spiro atoms. The van der Waals surface area contributed by atoms with Crippen LogP contribution in [0.2, 0.25) is 0 Å². The number of rotatable bonds is 3. The number of nitrogens with two attached hydrogens (primary N) is 1. The molecule has 4 heteroatoms. The van der Waals surface area contributed by atoms with Crippen LogP contribution in [0, 0.1) is 20.8 Å². The van der Waals surface area contributed by atoms with Crippen molar-refractivity contribution in [2.45, 2.75) is 33.7 Å². The van der Waals surface area contributed by atoms with Crippen molar-refractivity contribution in [2.24, 2.45) is 5.73 Å². The first-order valence-corrected chi connectivity index (χ1v) is 6.21. The molecule has 17 heavy (non-hydrogen) atoms. The predicted octanol–water partition coefficient (Wildman–Crippen LogP) is 2.97. The highest BCUT2D eigenvalue weighted by Gasteiger charge is 2.23. The molecule has 0 aliphatic carbocycles. The molecule has 0 aliphatic heterocycles. The van der Waals surface area contributed by atoms with Gasteiger partial charge >= 0.3 is 0 Å². The summed E-state index contributed by atoms with van der Waals surface area (Å²) in [4.78, 5) is 11.5. The lowest BCUT2D eigenvalue weighted by Gasteiger charge is -2.21. The van der Waals surface area contributed by atoms with Gasteiger partial charge in [0.1, 0.15) is 5.75 Å². The standard InChI is InChI=1S/C13H18BrNO2/c1-6-7(2)13(17-5)10(8(3)11(6)14)12(15)9(4)16/h12H,15H2,1-5H3. The van der Waals surface area contributed by atoms with Crippen LogP contribution in [0.1, 0.15) is 35.2 Å². The molecule has 1 aromatic carbocycles. The third kappa shape index (κ3) is 2.38. The van der Waals surface area contributed by atoms with Gasteiger partial charge in [0.25, 0.3) is 0 Å².